The van der Waals surface area contributed by atoms with Crippen LogP contribution in [0.4, 0.5) is 0 Å². The molecule has 5 nitrogen and oxygen atoms in total. The van der Waals surface area contributed by atoms with Crippen molar-refractivity contribution in [1.82, 2.24) is 5.32 Å². The topological polar surface area (TPSA) is 75.6 Å². The maximum absolute atomic E-state index is 12.1. The van der Waals surface area contributed by atoms with Crippen LogP contribution in [0.25, 0.3) is 0 Å². The zero-order valence-corrected chi connectivity index (χ0v) is 10.9. The van der Waals surface area contributed by atoms with Gasteiger partial charge >= 0.3 is 5.97 Å². The van der Waals surface area contributed by atoms with Crippen molar-refractivity contribution in [1.29, 1.82) is 0 Å². The number of ether oxygens (including phenoxy) is 1. The van der Waals surface area contributed by atoms with Crippen LogP contribution < -0.4 is 5.32 Å². The van der Waals surface area contributed by atoms with Crippen LogP contribution in [-0.2, 0) is 14.3 Å². The molecule has 1 unspecified atom stereocenters. The minimum absolute atomic E-state index is 0.156. The summed E-state index contributed by atoms with van der Waals surface area (Å²) in [6, 6.07) is -0.839. The Morgan fingerprint density at radius 3 is 2.61 bits per heavy atom. The number of carboxylic acids is 1. The van der Waals surface area contributed by atoms with E-state index in [2.05, 4.69) is 5.32 Å². The molecule has 1 aliphatic rings. The number of hydrogen-bond donors (Lipinski definition) is 2. The summed E-state index contributed by atoms with van der Waals surface area (Å²) < 4.78 is 4.98. The molecule has 0 radical (unpaired) electrons. The van der Waals surface area contributed by atoms with Gasteiger partial charge in [0.25, 0.3) is 0 Å². The van der Waals surface area contributed by atoms with Crippen LogP contribution in [0.5, 0.6) is 0 Å². The highest BCUT2D eigenvalue weighted by atomic mass is 16.5. The van der Waals surface area contributed by atoms with Crippen molar-refractivity contribution in [3.05, 3.63) is 12.2 Å². The van der Waals surface area contributed by atoms with Crippen LogP contribution in [0.3, 0.4) is 0 Å². The molecule has 0 bridgehead atoms. The minimum atomic E-state index is -0.996. The highest BCUT2D eigenvalue weighted by molar-refractivity contribution is 5.89. The number of nitrogens with one attached hydrogen (secondary N) is 1. The third-order valence-electron chi connectivity index (χ3n) is 3.33. The van der Waals surface area contributed by atoms with E-state index in [0.717, 1.165) is 12.8 Å². The van der Waals surface area contributed by atoms with Crippen LogP contribution in [0.1, 0.15) is 32.6 Å². The molecule has 1 amide bonds. The van der Waals surface area contributed by atoms with Crippen molar-refractivity contribution >= 4 is 11.9 Å². The second-order valence-corrected chi connectivity index (χ2v) is 4.69. The molecular weight excluding hydrogens is 234 g/mol. The molecule has 0 saturated heterocycles. The molecule has 1 aliphatic carbocycles. The van der Waals surface area contributed by atoms with E-state index in [1.54, 1.807) is 19.3 Å². The fraction of sp³-hybridized carbons (Fsp3) is 0.692. The number of carbonyl (C=O) groups is 2. The van der Waals surface area contributed by atoms with Crippen LogP contribution in [0, 0.1) is 5.41 Å². The summed E-state index contributed by atoms with van der Waals surface area (Å²) in [6.45, 7) is 2.35. The fourth-order valence-corrected chi connectivity index (χ4v) is 1.84. The van der Waals surface area contributed by atoms with E-state index in [-0.39, 0.29) is 11.3 Å². The number of amides is 1. The van der Waals surface area contributed by atoms with E-state index in [0.29, 0.717) is 19.4 Å². The molecule has 1 rings (SSSR count). The Balaban J connectivity index is 2.53. The van der Waals surface area contributed by atoms with E-state index in [1.807, 2.05) is 6.92 Å². The molecule has 0 aromatic heterocycles. The van der Waals surface area contributed by atoms with Gasteiger partial charge in [0.15, 0.2) is 0 Å². The Morgan fingerprint density at radius 2 is 2.17 bits per heavy atom. The van der Waals surface area contributed by atoms with Crippen molar-refractivity contribution in [2.24, 2.45) is 5.41 Å². The molecule has 0 aliphatic heterocycles. The van der Waals surface area contributed by atoms with E-state index in [9.17, 15) is 9.59 Å². The number of rotatable bonds is 8. The Labute approximate surface area is 107 Å². The summed E-state index contributed by atoms with van der Waals surface area (Å²) in [7, 11) is 1.60. The standard InChI is InChI=1S/C13H21NO4/c1-3-4-5-10(11(15)16)14-12(17)13(6-7-13)8-9-18-2/h3-4,10H,5-9H2,1-2H3,(H,14,17)(H,15,16)/b4-3+. The first-order valence-electron chi connectivity index (χ1n) is 6.19. The first-order chi connectivity index (χ1) is 8.55. The van der Waals surface area contributed by atoms with Crippen molar-refractivity contribution in [3.8, 4) is 0 Å². The van der Waals surface area contributed by atoms with Crippen LogP contribution in [0.2, 0.25) is 0 Å². The largest absolute Gasteiger partial charge is 0.480 e. The summed E-state index contributed by atoms with van der Waals surface area (Å²) >= 11 is 0. The number of hydrogen-bond acceptors (Lipinski definition) is 3. The normalized spacial score (nSPS) is 18.6. The maximum Gasteiger partial charge on any atom is 0.326 e. The molecule has 0 aromatic carbocycles. The number of carboxylic acid groups (broad SMARTS) is 1. The lowest BCUT2D eigenvalue weighted by Crippen LogP contribution is -2.44. The summed E-state index contributed by atoms with van der Waals surface area (Å²) in [5.41, 5.74) is -0.389. The monoisotopic (exact) mass is 255 g/mol. The number of allylic oxidation sites excluding steroid dienone is 1. The van der Waals surface area contributed by atoms with E-state index < -0.39 is 12.0 Å². The lowest BCUT2D eigenvalue weighted by Gasteiger charge is -2.18. The highest BCUT2D eigenvalue weighted by Crippen LogP contribution is 2.49. The summed E-state index contributed by atoms with van der Waals surface area (Å²) in [5.74, 6) is -1.15. The molecular formula is C13H21NO4. The van der Waals surface area contributed by atoms with Crippen molar-refractivity contribution < 1.29 is 19.4 Å². The first kappa shape index (κ1) is 14.7. The third kappa shape index (κ3) is 3.84. The minimum Gasteiger partial charge on any atom is -0.480 e. The first-order valence-corrected chi connectivity index (χ1v) is 6.19. The molecule has 2 N–H and O–H groups in total. The van der Waals surface area contributed by atoms with Gasteiger partial charge in [0.05, 0.1) is 5.41 Å². The fourth-order valence-electron chi connectivity index (χ4n) is 1.84. The number of methoxy groups -OCH3 is 1. The van der Waals surface area contributed by atoms with Crippen molar-refractivity contribution in [2.45, 2.75) is 38.6 Å². The van der Waals surface area contributed by atoms with Gasteiger partial charge in [-0.1, -0.05) is 12.2 Å². The van der Waals surface area contributed by atoms with Gasteiger partial charge < -0.3 is 15.2 Å². The third-order valence-corrected chi connectivity index (χ3v) is 3.33. The summed E-state index contributed by atoms with van der Waals surface area (Å²) in [4.78, 5) is 23.1. The van der Waals surface area contributed by atoms with Gasteiger partial charge in [0.2, 0.25) is 5.91 Å². The van der Waals surface area contributed by atoms with Crippen LogP contribution >= 0.6 is 0 Å². The number of carbonyl (C=O) groups excluding carboxylic acids is 1. The average molecular weight is 255 g/mol. The van der Waals surface area contributed by atoms with Gasteiger partial charge in [-0.3, -0.25) is 4.79 Å². The van der Waals surface area contributed by atoms with Gasteiger partial charge in [-0.15, -0.1) is 0 Å². The second-order valence-electron chi connectivity index (χ2n) is 4.69. The summed E-state index contributed by atoms with van der Waals surface area (Å²) in [6.07, 6.45) is 6.13. The zero-order valence-electron chi connectivity index (χ0n) is 10.9. The van der Waals surface area contributed by atoms with E-state index in [4.69, 9.17) is 9.84 Å². The quantitative estimate of drug-likeness (QED) is 0.642. The molecule has 1 atom stereocenters. The van der Waals surface area contributed by atoms with E-state index in [1.165, 1.54) is 0 Å². The molecule has 1 fully saturated rings. The molecule has 1 saturated carbocycles. The zero-order chi connectivity index (χ0) is 13.6. The van der Waals surface area contributed by atoms with Crippen molar-refractivity contribution in [3.63, 3.8) is 0 Å². The lowest BCUT2D eigenvalue weighted by molar-refractivity contribution is -0.142. The van der Waals surface area contributed by atoms with Gasteiger partial charge in [0.1, 0.15) is 6.04 Å². The summed E-state index contributed by atoms with van der Waals surface area (Å²) in [5, 5.41) is 11.7. The highest BCUT2D eigenvalue weighted by Gasteiger charge is 2.49. The van der Waals surface area contributed by atoms with Gasteiger partial charge in [-0.05, 0) is 32.6 Å². The van der Waals surface area contributed by atoms with E-state index >= 15 is 0 Å². The maximum atomic E-state index is 12.1. The Kier molecular flexibility index (Phi) is 5.34. The van der Waals surface area contributed by atoms with Gasteiger partial charge in [-0.2, -0.15) is 0 Å². The molecule has 5 heteroatoms. The lowest BCUT2D eigenvalue weighted by atomic mass is 10.0. The Hall–Kier alpha value is -1.36. The second kappa shape index (κ2) is 6.54. The molecule has 102 valence electrons. The Bertz CT molecular complexity index is 334. The Morgan fingerprint density at radius 1 is 1.50 bits per heavy atom. The predicted octanol–water partition coefficient (Wildman–Crippen LogP) is 1.34. The van der Waals surface area contributed by atoms with Gasteiger partial charge in [-0.25, -0.2) is 4.79 Å². The predicted molar refractivity (Wildman–Crippen MR) is 67.2 cm³/mol. The van der Waals surface area contributed by atoms with Crippen LogP contribution in [-0.4, -0.2) is 36.7 Å². The SMILES string of the molecule is C/C=C/CC(NC(=O)C1(CCOC)CC1)C(=O)O. The van der Waals surface area contributed by atoms with Gasteiger partial charge in [0, 0.05) is 13.7 Å². The molecule has 0 spiro atoms. The molecule has 18 heavy (non-hydrogen) atoms. The van der Waals surface area contributed by atoms with Crippen LogP contribution in [0.15, 0.2) is 12.2 Å². The number of aliphatic carboxylic acids is 1. The molecule has 0 aromatic rings. The molecule has 0 heterocycles. The van der Waals surface area contributed by atoms with Crippen molar-refractivity contribution in [2.75, 3.05) is 13.7 Å². The average Bonchev–Trinajstić information content (AvgIpc) is 3.12. The smallest absolute Gasteiger partial charge is 0.326 e.